The van der Waals surface area contributed by atoms with E-state index in [0.717, 1.165) is 35.5 Å². The fourth-order valence-corrected chi connectivity index (χ4v) is 5.90. The molecular weight excluding hydrogens is 300 g/mol. The van der Waals surface area contributed by atoms with Crippen molar-refractivity contribution in [2.75, 3.05) is 0 Å². The Labute approximate surface area is 157 Å². The molecule has 0 heteroatoms. The van der Waals surface area contributed by atoms with Crippen LogP contribution < -0.4 is 0 Å². The number of rotatable bonds is 6. The van der Waals surface area contributed by atoms with E-state index < -0.39 is 0 Å². The predicted molar refractivity (Wildman–Crippen MR) is 111 cm³/mol. The second kappa shape index (κ2) is 9.98. The van der Waals surface area contributed by atoms with Crippen LogP contribution in [0.25, 0.3) is 0 Å². The van der Waals surface area contributed by atoms with Gasteiger partial charge in [-0.15, -0.1) is 6.58 Å². The first-order valence-electron chi connectivity index (χ1n) is 11.5. The molecule has 25 heavy (non-hydrogen) atoms. The lowest BCUT2D eigenvalue weighted by molar-refractivity contribution is 0.148. The van der Waals surface area contributed by atoms with Crippen LogP contribution in [0.15, 0.2) is 24.8 Å². The summed E-state index contributed by atoms with van der Waals surface area (Å²) in [4.78, 5) is 0. The fraction of sp³-hybridized carbons (Fsp3) is 0.840. The molecule has 3 fully saturated rings. The molecule has 0 heterocycles. The fourth-order valence-electron chi connectivity index (χ4n) is 5.90. The van der Waals surface area contributed by atoms with Crippen LogP contribution in [0.3, 0.4) is 0 Å². The SMILES string of the molecule is C=C[C@H]1CC[C@H](/C=C/CCC2CCC([C@H]3CC[C@H](C)CC3)CC2)CC1. The van der Waals surface area contributed by atoms with E-state index in [0.29, 0.717) is 0 Å². The Bertz CT molecular complexity index is 396. The summed E-state index contributed by atoms with van der Waals surface area (Å²) in [6.45, 7) is 6.41. The van der Waals surface area contributed by atoms with E-state index in [9.17, 15) is 0 Å². The second-order valence-corrected chi connectivity index (χ2v) is 9.72. The molecule has 0 radical (unpaired) electrons. The van der Waals surface area contributed by atoms with Gasteiger partial charge in [0.25, 0.3) is 0 Å². The zero-order valence-electron chi connectivity index (χ0n) is 16.8. The lowest BCUT2D eigenvalue weighted by Crippen LogP contribution is -2.25. The summed E-state index contributed by atoms with van der Waals surface area (Å²) in [5.41, 5.74) is 0. The van der Waals surface area contributed by atoms with Crippen LogP contribution in [-0.4, -0.2) is 0 Å². The highest BCUT2D eigenvalue weighted by molar-refractivity contribution is 4.94. The molecule has 0 bridgehead atoms. The van der Waals surface area contributed by atoms with Gasteiger partial charge < -0.3 is 0 Å². The highest BCUT2D eigenvalue weighted by Crippen LogP contribution is 2.42. The van der Waals surface area contributed by atoms with Gasteiger partial charge in [-0.2, -0.15) is 0 Å². The molecule has 0 aromatic carbocycles. The smallest absolute Gasteiger partial charge is 0.0233 e. The molecule has 0 amide bonds. The Morgan fingerprint density at radius 1 is 0.720 bits per heavy atom. The first-order chi connectivity index (χ1) is 12.2. The summed E-state index contributed by atoms with van der Waals surface area (Å²) in [5.74, 6) is 5.86. The Morgan fingerprint density at radius 3 is 1.88 bits per heavy atom. The molecular formula is C25H42. The van der Waals surface area contributed by atoms with Crippen LogP contribution in [0.2, 0.25) is 0 Å². The molecule has 0 unspecified atom stereocenters. The average molecular weight is 343 g/mol. The van der Waals surface area contributed by atoms with Crippen molar-refractivity contribution in [1.82, 2.24) is 0 Å². The third-order valence-electron chi connectivity index (χ3n) is 7.92. The van der Waals surface area contributed by atoms with Crippen LogP contribution in [0.5, 0.6) is 0 Å². The molecule has 0 N–H and O–H groups in total. The van der Waals surface area contributed by atoms with Crippen molar-refractivity contribution in [3.63, 3.8) is 0 Å². The van der Waals surface area contributed by atoms with Crippen LogP contribution >= 0.6 is 0 Å². The van der Waals surface area contributed by atoms with E-state index in [2.05, 4.69) is 31.7 Å². The second-order valence-electron chi connectivity index (χ2n) is 9.72. The van der Waals surface area contributed by atoms with E-state index in [-0.39, 0.29) is 0 Å². The summed E-state index contributed by atoms with van der Waals surface area (Å²) in [5, 5.41) is 0. The third-order valence-corrected chi connectivity index (χ3v) is 7.92. The molecule has 142 valence electrons. The van der Waals surface area contributed by atoms with Crippen LogP contribution in [-0.2, 0) is 0 Å². The maximum absolute atomic E-state index is 3.96. The normalized spacial score (nSPS) is 40.2. The number of hydrogen-bond donors (Lipinski definition) is 0. The molecule has 0 atom stereocenters. The molecule has 0 aromatic rings. The van der Waals surface area contributed by atoms with Crippen molar-refractivity contribution >= 4 is 0 Å². The molecule has 0 spiro atoms. The van der Waals surface area contributed by atoms with Gasteiger partial charge in [-0.3, -0.25) is 0 Å². The monoisotopic (exact) mass is 342 g/mol. The van der Waals surface area contributed by atoms with Crippen molar-refractivity contribution in [2.45, 2.75) is 96.8 Å². The summed E-state index contributed by atoms with van der Waals surface area (Å²) < 4.78 is 0. The maximum Gasteiger partial charge on any atom is -0.0233 e. The van der Waals surface area contributed by atoms with Crippen molar-refractivity contribution in [2.24, 2.45) is 35.5 Å². The average Bonchev–Trinajstić information content (AvgIpc) is 2.67. The molecule has 0 nitrogen and oxygen atoms in total. The van der Waals surface area contributed by atoms with Crippen LogP contribution in [0.1, 0.15) is 96.8 Å². The maximum atomic E-state index is 3.96. The minimum absolute atomic E-state index is 0.798. The zero-order chi connectivity index (χ0) is 17.5. The third kappa shape index (κ3) is 6.00. The van der Waals surface area contributed by atoms with Gasteiger partial charge in [0.2, 0.25) is 0 Å². The summed E-state index contributed by atoms with van der Waals surface area (Å²) in [6.07, 6.45) is 27.7. The first-order valence-corrected chi connectivity index (χ1v) is 11.5. The van der Waals surface area contributed by atoms with E-state index in [4.69, 9.17) is 0 Å². The largest absolute Gasteiger partial charge is 0.103 e. The van der Waals surface area contributed by atoms with Crippen molar-refractivity contribution < 1.29 is 0 Å². The molecule has 3 aliphatic rings. The molecule has 0 aliphatic heterocycles. The zero-order valence-corrected chi connectivity index (χ0v) is 16.8. The van der Waals surface area contributed by atoms with E-state index >= 15 is 0 Å². The number of allylic oxidation sites excluding steroid dienone is 3. The molecule has 3 saturated carbocycles. The van der Waals surface area contributed by atoms with Gasteiger partial charge in [-0.05, 0) is 99.7 Å². The van der Waals surface area contributed by atoms with Gasteiger partial charge in [0.1, 0.15) is 0 Å². The number of hydrogen-bond acceptors (Lipinski definition) is 0. The van der Waals surface area contributed by atoms with Gasteiger partial charge in [0, 0.05) is 0 Å². The first kappa shape index (κ1) is 19.2. The van der Waals surface area contributed by atoms with E-state index in [1.165, 1.54) is 77.0 Å². The minimum atomic E-state index is 0.798. The van der Waals surface area contributed by atoms with Gasteiger partial charge >= 0.3 is 0 Å². The van der Waals surface area contributed by atoms with Crippen molar-refractivity contribution in [3.05, 3.63) is 24.8 Å². The van der Waals surface area contributed by atoms with Crippen LogP contribution in [0, 0.1) is 35.5 Å². The Hall–Kier alpha value is -0.520. The Balaban J connectivity index is 1.28. The van der Waals surface area contributed by atoms with Crippen LogP contribution in [0.4, 0.5) is 0 Å². The predicted octanol–water partition coefficient (Wildman–Crippen LogP) is 7.95. The summed E-state index contributed by atoms with van der Waals surface area (Å²) in [7, 11) is 0. The lowest BCUT2D eigenvalue weighted by Gasteiger charge is -2.37. The quantitative estimate of drug-likeness (QED) is 0.430. The molecule has 0 aromatic heterocycles. The Morgan fingerprint density at radius 2 is 1.28 bits per heavy atom. The van der Waals surface area contributed by atoms with Crippen molar-refractivity contribution in [3.8, 4) is 0 Å². The molecule has 3 aliphatic carbocycles. The topological polar surface area (TPSA) is 0 Å². The van der Waals surface area contributed by atoms with Crippen molar-refractivity contribution in [1.29, 1.82) is 0 Å². The van der Waals surface area contributed by atoms with E-state index in [1.54, 1.807) is 12.8 Å². The summed E-state index contributed by atoms with van der Waals surface area (Å²) in [6, 6.07) is 0. The van der Waals surface area contributed by atoms with Gasteiger partial charge in [0.05, 0.1) is 0 Å². The summed E-state index contributed by atoms with van der Waals surface area (Å²) >= 11 is 0. The van der Waals surface area contributed by atoms with E-state index in [1.807, 2.05) is 0 Å². The Kier molecular flexibility index (Phi) is 7.68. The van der Waals surface area contributed by atoms with Gasteiger partial charge in [-0.1, -0.05) is 50.8 Å². The minimum Gasteiger partial charge on any atom is -0.103 e. The highest BCUT2D eigenvalue weighted by Gasteiger charge is 2.29. The lowest BCUT2D eigenvalue weighted by atomic mass is 9.69. The van der Waals surface area contributed by atoms with Gasteiger partial charge in [-0.25, -0.2) is 0 Å². The molecule has 0 saturated heterocycles. The van der Waals surface area contributed by atoms with Gasteiger partial charge in [0.15, 0.2) is 0 Å². The highest BCUT2D eigenvalue weighted by atomic mass is 14.3. The standard InChI is InChI=1S/C25H42/c1-3-21-10-12-22(13-11-21)6-4-5-7-23-14-18-25(19-15-23)24-16-8-20(2)9-17-24/h3-4,6,20-25H,1,5,7-19H2,2H3/b6-4+/t20-,21-,22-,23?,24-,25?. The molecule has 3 rings (SSSR count).